The number of nitrogens with one attached hydrogen (secondary N) is 1. The number of methoxy groups -OCH3 is 1. The molecule has 0 aliphatic rings. The fourth-order valence-electron chi connectivity index (χ4n) is 1.45. The minimum Gasteiger partial charge on any atom is -0.497 e. The van der Waals surface area contributed by atoms with Gasteiger partial charge in [-0.1, -0.05) is 24.3 Å². The van der Waals surface area contributed by atoms with Gasteiger partial charge in [-0.2, -0.15) is 0 Å². The van der Waals surface area contributed by atoms with Crippen LogP contribution in [0.5, 0.6) is 5.75 Å². The Morgan fingerprint density at radius 1 is 1.35 bits per heavy atom. The van der Waals surface area contributed by atoms with Gasteiger partial charge in [0.1, 0.15) is 5.75 Å². The summed E-state index contributed by atoms with van der Waals surface area (Å²) >= 11 is 0. The molecule has 1 N–H and O–H groups in total. The average Bonchev–Trinajstić information content (AvgIpc) is 2.36. The zero-order chi connectivity index (χ0) is 12.5. The molecule has 0 fully saturated rings. The van der Waals surface area contributed by atoms with E-state index < -0.39 is 0 Å². The predicted octanol–water partition coefficient (Wildman–Crippen LogP) is 2.32. The number of rotatable bonds is 6. The van der Waals surface area contributed by atoms with Gasteiger partial charge in [0.15, 0.2) is 0 Å². The summed E-state index contributed by atoms with van der Waals surface area (Å²) in [5.74, 6) is 0.863. The second kappa shape index (κ2) is 7.49. The Hall–Kier alpha value is -1.77. The van der Waals surface area contributed by atoms with E-state index in [1.165, 1.54) is 0 Å². The van der Waals surface area contributed by atoms with Crippen molar-refractivity contribution in [1.29, 1.82) is 0 Å². The molecule has 0 atom stereocenters. The number of carbonyl (C=O) groups excluding carboxylic acids is 1. The Bertz CT molecular complexity index is 368. The minimum atomic E-state index is 0.0552. The minimum absolute atomic E-state index is 0.0552. The van der Waals surface area contributed by atoms with Crippen LogP contribution in [0.1, 0.15) is 18.9 Å². The highest BCUT2D eigenvalue weighted by Gasteiger charge is 2.02. The van der Waals surface area contributed by atoms with E-state index in [1.807, 2.05) is 43.3 Å². The SMILES string of the molecule is C/C=C/CCNC(=O)Cc1ccc(OC)cc1. The van der Waals surface area contributed by atoms with Crippen LogP contribution in [-0.2, 0) is 11.2 Å². The standard InChI is InChI=1S/C14H19NO2/c1-3-4-5-10-15-14(16)11-12-6-8-13(17-2)9-7-12/h3-4,6-9H,5,10-11H2,1-2H3,(H,15,16)/b4-3+. The largest absolute Gasteiger partial charge is 0.497 e. The summed E-state index contributed by atoms with van der Waals surface area (Å²) < 4.78 is 5.06. The number of hydrogen-bond acceptors (Lipinski definition) is 2. The molecule has 3 heteroatoms. The van der Waals surface area contributed by atoms with Crippen molar-refractivity contribution >= 4 is 5.91 Å². The Labute approximate surface area is 102 Å². The summed E-state index contributed by atoms with van der Waals surface area (Å²) in [4.78, 5) is 11.6. The Balaban J connectivity index is 2.34. The van der Waals surface area contributed by atoms with Crippen LogP contribution in [-0.4, -0.2) is 19.6 Å². The lowest BCUT2D eigenvalue weighted by Gasteiger charge is -2.04. The molecule has 0 unspecified atom stereocenters. The molecule has 17 heavy (non-hydrogen) atoms. The van der Waals surface area contributed by atoms with Crippen molar-refractivity contribution in [3.8, 4) is 5.75 Å². The van der Waals surface area contributed by atoms with Crippen LogP contribution in [0.15, 0.2) is 36.4 Å². The molecule has 1 aromatic rings. The lowest BCUT2D eigenvalue weighted by molar-refractivity contribution is -0.120. The van der Waals surface area contributed by atoms with E-state index in [1.54, 1.807) is 7.11 Å². The van der Waals surface area contributed by atoms with Crippen LogP contribution < -0.4 is 10.1 Å². The molecule has 0 aromatic heterocycles. The Kier molecular flexibility index (Phi) is 5.86. The maximum absolute atomic E-state index is 11.6. The van der Waals surface area contributed by atoms with Crippen LogP contribution in [0, 0.1) is 0 Å². The molecule has 1 amide bonds. The van der Waals surface area contributed by atoms with Crippen molar-refractivity contribution in [2.75, 3.05) is 13.7 Å². The highest BCUT2D eigenvalue weighted by atomic mass is 16.5. The summed E-state index contributed by atoms with van der Waals surface area (Å²) in [6, 6.07) is 7.54. The maximum Gasteiger partial charge on any atom is 0.224 e. The first-order valence-corrected chi connectivity index (χ1v) is 5.77. The van der Waals surface area contributed by atoms with E-state index in [0.29, 0.717) is 13.0 Å². The second-order valence-electron chi connectivity index (χ2n) is 3.73. The number of benzene rings is 1. The van der Waals surface area contributed by atoms with Crippen molar-refractivity contribution in [2.24, 2.45) is 0 Å². The fourth-order valence-corrected chi connectivity index (χ4v) is 1.45. The number of allylic oxidation sites excluding steroid dienone is 1. The average molecular weight is 233 g/mol. The normalized spacial score (nSPS) is 10.5. The quantitative estimate of drug-likeness (QED) is 0.605. The number of hydrogen-bond donors (Lipinski definition) is 1. The van der Waals surface area contributed by atoms with Crippen LogP contribution >= 0.6 is 0 Å². The third kappa shape index (κ3) is 5.20. The van der Waals surface area contributed by atoms with Gasteiger partial charge in [-0.3, -0.25) is 4.79 Å². The van der Waals surface area contributed by atoms with Gasteiger partial charge in [-0.25, -0.2) is 0 Å². The second-order valence-corrected chi connectivity index (χ2v) is 3.73. The maximum atomic E-state index is 11.6. The summed E-state index contributed by atoms with van der Waals surface area (Å²) in [6.45, 7) is 2.67. The van der Waals surface area contributed by atoms with E-state index in [0.717, 1.165) is 17.7 Å². The summed E-state index contributed by atoms with van der Waals surface area (Å²) in [7, 11) is 1.63. The summed E-state index contributed by atoms with van der Waals surface area (Å²) in [5, 5.41) is 2.87. The van der Waals surface area contributed by atoms with E-state index in [9.17, 15) is 4.79 Å². The third-order valence-corrected chi connectivity index (χ3v) is 2.39. The molecule has 0 spiro atoms. The predicted molar refractivity (Wildman–Crippen MR) is 69.1 cm³/mol. The fraction of sp³-hybridized carbons (Fsp3) is 0.357. The molecular weight excluding hydrogens is 214 g/mol. The molecule has 0 saturated heterocycles. The molecule has 3 nitrogen and oxygen atoms in total. The number of amides is 1. The number of carbonyl (C=O) groups is 1. The van der Waals surface area contributed by atoms with E-state index in [2.05, 4.69) is 5.32 Å². The molecule has 0 aliphatic carbocycles. The first kappa shape index (κ1) is 13.3. The lowest BCUT2D eigenvalue weighted by atomic mass is 10.1. The Morgan fingerprint density at radius 2 is 2.06 bits per heavy atom. The van der Waals surface area contributed by atoms with Crippen molar-refractivity contribution in [1.82, 2.24) is 5.32 Å². The highest BCUT2D eigenvalue weighted by Crippen LogP contribution is 2.11. The van der Waals surface area contributed by atoms with Crippen molar-refractivity contribution in [3.05, 3.63) is 42.0 Å². The van der Waals surface area contributed by atoms with Gasteiger partial charge in [0.2, 0.25) is 5.91 Å². The van der Waals surface area contributed by atoms with Gasteiger partial charge >= 0.3 is 0 Å². The van der Waals surface area contributed by atoms with Crippen LogP contribution in [0.2, 0.25) is 0 Å². The first-order chi connectivity index (χ1) is 8.26. The van der Waals surface area contributed by atoms with Crippen molar-refractivity contribution in [2.45, 2.75) is 19.8 Å². The van der Waals surface area contributed by atoms with Crippen LogP contribution in [0.4, 0.5) is 0 Å². The van der Waals surface area contributed by atoms with Crippen molar-refractivity contribution in [3.63, 3.8) is 0 Å². The van der Waals surface area contributed by atoms with Gasteiger partial charge in [-0.15, -0.1) is 0 Å². The zero-order valence-electron chi connectivity index (χ0n) is 10.4. The highest BCUT2D eigenvalue weighted by molar-refractivity contribution is 5.78. The molecule has 0 aliphatic heterocycles. The number of ether oxygens (including phenoxy) is 1. The lowest BCUT2D eigenvalue weighted by Crippen LogP contribution is -2.25. The van der Waals surface area contributed by atoms with E-state index in [4.69, 9.17) is 4.74 Å². The monoisotopic (exact) mass is 233 g/mol. The van der Waals surface area contributed by atoms with E-state index in [-0.39, 0.29) is 5.91 Å². The van der Waals surface area contributed by atoms with Crippen LogP contribution in [0.3, 0.4) is 0 Å². The van der Waals surface area contributed by atoms with Crippen LogP contribution in [0.25, 0.3) is 0 Å². The topological polar surface area (TPSA) is 38.3 Å². The molecule has 1 rings (SSSR count). The molecular formula is C14H19NO2. The third-order valence-electron chi connectivity index (χ3n) is 2.39. The van der Waals surface area contributed by atoms with Gasteiger partial charge in [0.25, 0.3) is 0 Å². The Morgan fingerprint density at radius 3 is 2.65 bits per heavy atom. The van der Waals surface area contributed by atoms with Crippen molar-refractivity contribution < 1.29 is 9.53 Å². The van der Waals surface area contributed by atoms with Gasteiger partial charge in [-0.05, 0) is 31.0 Å². The summed E-state index contributed by atoms with van der Waals surface area (Å²) in [6.07, 6.45) is 5.31. The molecule has 0 heterocycles. The molecule has 0 saturated carbocycles. The zero-order valence-corrected chi connectivity index (χ0v) is 10.4. The molecule has 92 valence electrons. The van der Waals surface area contributed by atoms with E-state index >= 15 is 0 Å². The summed E-state index contributed by atoms with van der Waals surface area (Å²) in [5.41, 5.74) is 0.995. The molecule has 1 aromatic carbocycles. The molecule has 0 bridgehead atoms. The smallest absolute Gasteiger partial charge is 0.224 e. The molecule has 0 radical (unpaired) electrons. The first-order valence-electron chi connectivity index (χ1n) is 5.77. The van der Waals surface area contributed by atoms with Gasteiger partial charge < -0.3 is 10.1 Å². The van der Waals surface area contributed by atoms with Gasteiger partial charge in [0.05, 0.1) is 13.5 Å². The van der Waals surface area contributed by atoms with Gasteiger partial charge in [0, 0.05) is 6.54 Å².